The Bertz CT molecular complexity index is 435. The van der Waals surface area contributed by atoms with Crippen LogP contribution in [0.1, 0.15) is 19.4 Å². The molecule has 0 radical (unpaired) electrons. The Balaban J connectivity index is 2.01. The van der Waals surface area contributed by atoms with Gasteiger partial charge in [-0.05, 0) is 17.5 Å². The summed E-state index contributed by atoms with van der Waals surface area (Å²) < 4.78 is 5.11. The summed E-state index contributed by atoms with van der Waals surface area (Å²) in [4.78, 5) is 14.6. The number of carbonyl (C=O) groups excluding carboxylic acids is 1. The number of ether oxygens (including phenoxy) is 1. The monoisotopic (exact) mass is 276 g/mol. The lowest BCUT2D eigenvalue weighted by atomic mass is 10.1. The fourth-order valence-corrected chi connectivity index (χ4v) is 2.60. The van der Waals surface area contributed by atoms with Gasteiger partial charge in [-0.15, -0.1) is 0 Å². The summed E-state index contributed by atoms with van der Waals surface area (Å²) >= 11 is 0. The summed E-state index contributed by atoms with van der Waals surface area (Å²) in [5, 5.41) is 3.33. The Morgan fingerprint density at radius 2 is 2.20 bits per heavy atom. The van der Waals surface area contributed by atoms with Crippen molar-refractivity contribution in [3.63, 3.8) is 0 Å². The van der Waals surface area contributed by atoms with E-state index in [-0.39, 0.29) is 11.9 Å². The van der Waals surface area contributed by atoms with Crippen molar-refractivity contribution < 1.29 is 9.53 Å². The van der Waals surface area contributed by atoms with Crippen LogP contribution >= 0.6 is 0 Å². The Labute approximate surface area is 121 Å². The smallest absolute Gasteiger partial charge is 0.245 e. The first-order chi connectivity index (χ1) is 9.61. The van der Waals surface area contributed by atoms with Crippen molar-refractivity contribution in [2.75, 3.05) is 32.1 Å². The fraction of sp³-hybridized carbons (Fsp3) is 0.562. The molecule has 0 spiro atoms. The SMILES string of the molecule is COCCN(CC(C)C)C(=O)C1Cc2ccccc2N1. The average Bonchev–Trinajstić information content (AvgIpc) is 2.86. The third kappa shape index (κ3) is 3.51. The summed E-state index contributed by atoms with van der Waals surface area (Å²) in [5.41, 5.74) is 2.31. The van der Waals surface area contributed by atoms with Crippen LogP contribution in [0.25, 0.3) is 0 Å². The van der Waals surface area contributed by atoms with Crippen LogP contribution in [0.3, 0.4) is 0 Å². The highest BCUT2D eigenvalue weighted by Gasteiger charge is 2.30. The number of hydrogen-bond acceptors (Lipinski definition) is 3. The van der Waals surface area contributed by atoms with Gasteiger partial charge in [0.15, 0.2) is 0 Å². The van der Waals surface area contributed by atoms with Gasteiger partial charge in [0.25, 0.3) is 0 Å². The molecule has 2 rings (SSSR count). The number of nitrogens with one attached hydrogen (secondary N) is 1. The number of amides is 1. The van der Waals surface area contributed by atoms with Crippen molar-refractivity contribution in [2.24, 2.45) is 5.92 Å². The van der Waals surface area contributed by atoms with Gasteiger partial charge in [0.1, 0.15) is 6.04 Å². The molecule has 4 nitrogen and oxygen atoms in total. The van der Waals surface area contributed by atoms with Crippen molar-refractivity contribution in [2.45, 2.75) is 26.3 Å². The number of nitrogens with zero attached hydrogens (tertiary/aromatic N) is 1. The maximum atomic E-state index is 12.7. The third-order valence-corrected chi connectivity index (χ3v) is 3.53. The minimum absolute atomic E-state index is 0.136. The van der Waals surface area contributed by atoms with Gasteiger partial charge in [0.2, 0.25) is 5.91 Å². The van der Waals surface area contributed by atoms with Gasteiger partial charge in [0, 0.05) is 32.3 Å². The quantitative estimate of drug-likeness (QED) is 0.865. The molecule has 1 atom stereocenters. The van der Waals surface area contributed by atoms with Gasteiger partial charge in [0.05, 0.1) is 6.61 Å². The molecule has 4 heteroatoms. The Morgan fingerprint density at radius 1 is 1.45 bits per heavy atom. The Kier molecular flexibility index (Phi) is 5.01. The number of carbonyl (C=O) groups is 1. The maximum absolute atomic E-state index is 12.7. The second kappa shape index (κ2) is 6.75. The standard InChI is InChI=1S/C16H24N2O2/c1-12(2)11-18(8-9-20-3)16(19)15-10-13-6-4-5-7-14(13)17-15/h4-7,12,15,17H,8-11H2,1-3H3. The van der Waals surface area contributed by atoms with E-state index in [1.165, 1.54) is 5.56 Å². The van der Waals surface area contributed by atoms with Crippen LogP contribution in [0.2, 0.25) is 0 Å². The molecule has 1 aliphatic heterocycles. The number of para-hydroxylation sites is 1. The van der Waals surface area contributed by atoms with E-state index in [0.717, 1.165) is 18.7 Å². The van der Waals surface area contributed by atoms with Crippen LogP contribution in [0.15, 0.2) is 24.3 Å². The first-order valence-corrected chi connectivity index (χ1v) is 7.24. The zero-order chi connectivity index (χ0) is 14.5. The normalized spacial score (nSPS) is 16.9. The van der Waals surface area contributed by atoms with E-state index in [0.29, 0.717) is 19.1 Å². The van der Waals surface area contributed by atoms with Crippen molar-refractivity contribution in [3.05, 3.63) is 29.8 Å². The Morgan fingerprint density at radius 3 is 2.85 bits per heavy atom. The molecule has 1 aromatic carbocycles. The van der Waals surface area contributed by atoms with Crippen LogP contribution < -0.4 is 5.32 Å². The van der Waals surface area contributed by atoms with E-state index in [1.807, 2.05) is 23.1 Å². The second-order valence-electron chi connectivity index (χ2n) is 5.73. The molecule has 1 unspecified atom stereocenters. The maximum Gasteiger partial charge on any atom is 0.245 e. The van der Waals surface area contributed by atoms with Gasteiger partial charge < -0.3 is 15.0 Å². The number of methoxy groups -OCH3 is 1. The molecule has 1 aliphatic rings. The number of fused-ring (bicyclic) bond motifs is 1. The van der Waals surface area contributed by atoms with Crippen molar-refractivity contribution in [1.29, 1.82) is 0 Å². The molecular formula is C16H24N2O2. The van der Waals surface area contributed by atoms with Gasteiger partial charge in [-0.1, -0.05) is 32.0 Å². The topological polar surface area (TPSA) is 41.6 Å². The van der Waals surface area contributed by atoms with Crippen LogP contribution in [0, 0.1) is 5.92 Å². The van der Waals surface area contributed by atoms with Gasteiger partial charge in [-0.3, -0.25) is 4.79 Å². The van der Waals surface area contributed by atoms with Crippen LogP contribution in [0.5, 0.6) is 0 Å². The fourth-order valence-electron chi connectivity index (χ4n) is 2.60. The van der Waals surface area contributed by atoms with Crippen molar-refractivity contribution >= 4 is 11.6 Å². The second-order valence-corrected chi connectivity index (χ2v) is 5.73. The highest BCUT2D eigenvalue weighted by molar-refractivity contribution is 5.87. The minimum Gasteiger partial charge on any atom is -0.383 e. The number of benzene rings is 1. The highest BCUT2D eigenvalue weighted by Crippen LogP contribution is 2.26. The van der Waals surface area contributed by atoms with E-state index in [2.05, 4.69) is 25.2 Å². The molecule has 0 aromatic heterocycles. The largest absolute Gasteiger partial charge is 0.383 e. The molecule has 1 N–H and O–H groups in total. The lowest BCUT2D eigenvalue weighted by Gasteiger charge is -2.27. The number of hydrogen-bond donors (Lipinski definition) is 1. The van der Waals surface area contributed by atoms with E-state index in [4.69, 9.17) is 4.74 Å². The zero-order valence-electron chi connectivity index (χ0n) is 12.6. The van der Waals surface area contributed by atoms with Crippen LogP contribution in [-0.2, 0) is 16.0 Å². The first kappa shape index (κ1) is 14.9. The van der Waals surface area contributed by atoms with E-state index < -0.39 is 0 Å². The van der Waals surface area contributed by atoms with Crippen molar-refractivity contribution in [3.8, 4) is 0 Å². The van der Waals surface area contributed by atoms with Gasteiger partial charge >= 0.3 is 0 Å². The summed E-state index contributed by atoms with van der Waals surface area (Å²) in [6.07, 6.45) is 0.774. The minimum atomic E-state index is -0.136. The first-order valence-electron chi connectivity index (χ1n) is 7.24. The van der Waals surface area contributed by atoms with Crippen LogP contribution in [0.4, 0.5) is 5.69 Å². The third-order valence-electron chi connectivity index (χ3n) is 3.53. The summed E-state index contributed by atoms with van der Waals surface area (Å²) in [6, 6.07) is 7.99. The molecule has 0 saturated heterocycles. The van der Waals surface area contributed by atoms with Crippen LogP contribution in [-0.4, -0.2) is 43.7 Å². The lowest BCUT2D eigenvalue weighted by Crippen LogP contribution is -2.45. The van der Waals surface area contributed by atoms with Crippen molar-refractivity contribution in [1.82, 2.24) is 4.90 Å². The van der Waals surface area contributed by atoms with Gasteiger partial charge in [-0.2, -0.15) is 0 Å². The molecule has 0 fully saturated rings. The highest BCUT2D eigenvalue weighted by atomic mass is 16.5. The summed E-state index contributed by atoms with van der Waals surface area (Å²) in [6.45, 7) is 6.27. The van der Waals surface area contributed by atoms with E-state index in [9.17, 15) is 4.79 Å². The lowest BCUT2D eigenvalue weighted by molar-refractivity contribution is -0.133. The molecule has 0 aliphatic carbocycles. The zero-order valence-corrected chi connectivity index (χ0v) is 12.6. The molecule has 1 amide bonds. The summed E-state index contributed by atoms with van der Waals surface area (Å²) in [7, 11) is 1.67. The molecule has 0 bridgehead atoms. The molecular weight excluding hydrogens is 252 g/mol. The summed E-state index contributed by atoms with van der Waals surface area (Å²) in [5.74, 6) is 0.631. The predicted octanol–water partition coefficient (Wildman–Crippen LogP) is 2.15. The molecule has 1 aromatic rings. The number of rotatable bonds is 6. The van der Waals surface area contributed by atoms with E-state index >= 15 is 0 Å². The number of anilines is 1. The predicted molar refractivity (Wildman–Crippen MR) is 80.9 cm³/mol. The Hall–Kier alpha value is -1.55. The average molecular weight is 276 g/mol. The molecule has 0 saturated carbocycles. The molecule has 1 heterocycles. The molecule has 110 valence electrons. The molecule has 20 heavy (non-hydrogen) atoms. The van der Waals surface area contributed by atoms with E-state index in [1.54, 1.807) is 7.11 Å². The van der Waals surface area contributed by atoms with Gasteiger partial charge in [-0.25, -0.2) is 0 Å².